The van der Waals surface area contributed by atoms with Crippen molar-refractivity contribution in [3.63, 3.8) is 0 Å². The van der Waals surface area contributed by atoms with Gasteiger partial charge < -0.3 is 4.74 Å². The third kappa shape index (κ3) is 2.52. The molecule has 3 heteroatoms. The maximum absolute atomic E-state index is 12.3. The summed E-state index contributed by atoms with van der Waals surface area (Å²) in [5, 5.41) is 0. The summed E-state index contributed by atoms with van der Waals surface area (Å²) in [4.78, 5) is 24.1. The van der Waals surface area contributed by atoms with Crippen LogP contribution in [0.3, 0.4) is 0 Å². The second-order valence-corrected chi connectivity index (χ2v) is 10.3. The number of Topliss-reactive ketones (excluding diaryl/α,β-unsaturated/α-hetero) is 1. The Balaban J connectivity index is 1.65. The molecule has 26 heavy (non-hydrogen) atoms. The third-order valence-corrected chi connectivity index (χ3v) is 9.48. The van der Waals surface area contributed by atoms with Crippen LogP contribution in [0.25, 0.3) is 0 Å². The van der Waals surface area contributed by atoms with Crippen molar-refractivity contribution >= 4 is 11.8 Å². The van der Waals surface area contributed by atoms with Crippen LogP contribution >= 0.6 is 0 Å². The molecule has 0 N–H and O–H groups in total. The molecule has 4 aliphatic rings. The van der Waals surface area contributed by atoms with Crippen LogP contribution in [-0.2, 0) is 14.3 Å². The molecule has 0 amide bonds. The standard InChI is InChI=1S/C23H36O3/c1-14(24)18-10-11-19-17-9-8-16-6-5-7-21(26-15(2)25)23(16,4)20(17)12-13-22(18,19)3/h16-21H,5-13H2,1-4H3/t16-,17-,18+,19-,20-,21?,22-,23-/m0/s1. The van der Waals surface area contributed by atoms with Gasteiger partial charge in [-0.25, -0.2) is 0 Å². The van der Waals surface area contributed by atoms with Crippen LogP contribution < -0.4 is 0 Å². The van der Waals surface area contributed by atoms with E-state index < -0.39 is 0 Å². The Kier molecular flexibility index (Phi) is 4.51. The summed E-state index contributed by atoms with van der Waals surface area (Å²) in [6.45, 7) is 8.23. The molecule has 0 spiro atoms. The average molecular weight is 361 g/mol. The molecule has 0 aromatic carbocycles. The van der Waals surface area contributed by atoms with E-state index in [2.05, 4.69) is 13.8 Å². The van der Waals surface area contributed by atoms with Crippen molar-refractivity contribution < 1.29 is 14.3 Å². The Hall–Kier alpha value is -0.860. The Morgan fingerprint density at radius 1 is 0.885 bits per heavy atom. The maximum atomic E-state index is 12.3. The molecular weight excluding hydrogens is 324 g/mol. The van der Waals surface area contributed by atoms with Crippen LogP contribution in [0, 0.1) is 40.4 Å². The average Bonchev–Trinajstić information content (AvgIpc) is 2.92. The molecule has 0 aromatic heterocycles. The minimum absolute atomic E-state index is 0.0981. The van der Waals surface area contributed by atoms with Crippen molar-refractivity contribution in [1.82, 2.24) is 0 Å². The molecular formula is C23H36O3. The van der Waals surface area contributed by atoms with Gasteiger partial charge in [-0.3, -0.25) is 9.59 Å². The summed E-state index contributed by atoms with van der Waals surface area (Å²) < 4.78 is 5.92. The van der Waals surface area contributed by atoms with Gasteiger partial charge in [0.15, 0.2) is 0 Å². The minimum atomic E-state index is -0.114. The number of esters is 1. The van der Waals surface area contributed by atoms with Gasteiger partial charge in [0, 0.05) is 18.3 Å². The van der Waals surface area contributed by atoms with Crippen molar-refractivity contribution in [2.75, 3.05) is 0 Å². The van der Waals surface area contributed by atoms with E-state index in [9.17, 15) is 9.59 Å². The highest BCUT2D eigenvalue weighted by molar-refractivity contribution is 5.79. The van der Waals surface area contributed by atoms with Crippen LogP contribution in [-0.4, -0.2) is 17.9 Å². The molecule has 0 aliphatic heterocycles. The molecule has 4 saturated carbocycles. The predicted octanol–water partition coefficient (Wildman–Crippen LogP) is 5.17. The Bertz CT molecular complexity index is 598. The van der Waals surface area contributed by atoms with Gasteiger partial charge in [-0.05, 0) is 93.8 Å². The zero-order chi connectivity index (χ0) is 18.7. The second kappa shape index (κ2) is 6.34. The zero-order valence-corrected chi connectivity index (χ0v) is 17.1. The van der Waals surface area contributed by atoms with E-state index in [1.807, 2.05) is 0 Å². The lowest BCUT2D eigenvalue weighted by Gasteiger charge is -2.62. The van der Waals surface area contributed by atoms with Gasteiger partial charge in [0.25, 0.3) is 0 Å². The largest absolute Gasteiger partial charge is 0.462 e. The zero-order valence-electron chi connectivity index (χ0n) is 17.1. The van der Waals surface area contributed by atoms with Crippen LogP contribution in [0.2, 0.25) is 0 Å². The number of carbonyl (C=O) groups excluding carboxylic acids is 2. The molecule has 4 aliphatic carbocycles. The highest BCUT2D eigenvalue weighted by atomic mass is 16.5. The van der Waals surface area contributed by atoms with E-state index in [4.69, 9.17) is 4.74 Å². The minimum Gasteiger partial charge on any atom is -0.462 e. The van der Waals surface area contributed by atoms with E-state index in [0.717, 1.165) is 18.8 Å². The second-order valence-electron chi connectivity index (χ2n) is 10.3. The Labute approximate surface area is 158 Å². The quantitative estimate of drug-likeness (QED) is 0.638. The number of ketones is 1. The van der Waals surface area contributed by atoms with Gasteiger partial charge >= 0.3 is 5.97 Å². The first-order valence-corrected chi connectivity index (χ1v) is 11.0. The van der Waals surface area contributed by atoms with Crippen molar-refractivity contribution in [3.05, 3.63) is 0 Å². The number of ether oxygens (including phenoxy) is 1. The lowest BCUT2D eigenvalue weighted by molar-refractivity contribution is -0.189. The summed E-state index contributed by atoms with van der Waals surface area (Å²) >= 11 is 0. The van der Waals surface area contributed by atoms with Crippen LogP contribution in [0.5, 0.6) is 0 Å². The van der Waals surface area contributed by atoms with Crippen molar-refractivity contribution in [1.29, 1.82) is 0 Å². The number of hydrogen-bond donors (Lipinski definition) is 0. The summed E-state index contributed by atoms with van der Waals surface area (Å²) in [5.41, 5.74) is 0.351. The molecule has 0 aromatic rings. The Morgan fingerprint density at radius 3 is 2.35 bits per heavy atom. The van der Waals surface area contributed by atoms with Crippen molar-refractivity contribution in [2.45, 2.75) is 91.6 Å². The van der Waals surface area contributed by atoms with Crippen LogP contribution in [0.15, 0.2) is 0 Å². The van der Waals surface area contributed by atoms with Crippen LogP contribution in [0.4, 0.5) is 0 Å². The molecule has 0 radical (unpaired) electrons. The van der Waals surface area contributed by atoms with Gasteiger partial charge in [0.2, 0.25) is 0 Å². The number of rotatable bonds is 2. The molecule has 0 saturated heterocycles. The fraction of sp³-hybridized carbons (Fsp3) is 0.913. The van der Waals surface area contributed by atoms with Gasteiger partial charge in [-0.15, -0.1) is 0 Å². The summed E-state index contributed by atoms with van der Waals surface area (Å²) in [5.74, 6) is 3.34. The summed E-state index contributed by atoms with van der Waals surface area (Å²) in [6.07, 6.45) is 10.9. The predicted molar refractivity (Wildman–Crippen MR) is 101 cm³/mol. The first-order valence-electron chi connectivity index (χ1n) is 11.0. The molecule has 3 nitrogen and oxygen atoms in total. The normalized spacial score (nSPS) is 50.3. The molecule has 0 heterocycles. The van der Waals surface area contributed by atoms with E-state index in [-0.39, 0.29) is 28.8 Å². The third-order valence-electron chi connectivity index (χ3n) is 9.48. The Morgan fingerprint density at radius 2 is 1.65 bits per heavy atom. The summed E-state index contributed by atoms with van der Waals surface area (Å²) in [7, 11) is 0. The van der Waals surface area contributed by atoms with Gasteiger partial charge in [-0.1, -0.05) is 13.8 Å². The molecule has 4 rings (SSSR count). The number of hydrogen-bond acceptors (Lipinski definition) is 3. The monoisotopic (exact) mass is 360 g/mol. The molecule has 0 bridgehead atoms. The first kappa shape index (κ1) is 18.5. The SMILES string of the molecule is CC(=O)OC1CCC[C@H]2CC[C@H]3[C@@H]4CC[C@H](C(C)=O)[C@]4(C)CC[C@@H]3[C@@]12C. The first-order chi connectivity index (χ1) is 12.3. The topological polar surface area (TPSA) is 43.4 Å². The van der Waals surface area contributed by atoms with Gasteiger partial charge in [0.05, 0.1) is 0 Å². The molecule has 146 valence electrons. The molecule has 4 fully saturated rings. The van der Waals surface area contributed by atoms with Gasteiger partial charge in [-0.2, -0.15) is 0 Å². The fourth-order valence-corrected chi connectivity index (χ4v) is 8.34. The lowest BCUT2D eigenvalue weighted by Crippen LogP contribution is -2.58. The fourth-order valence-electron chi connectivity index (χ4n) is 8.34. The van der Waals surface area contributed by atoms with E-state index in [1.165, 1.54) is 44.9 Å². The van der Waals surface area contributed by atoms with Crippen molar-refractivity contribution in [2.24, 2.45) is 40.4 Å². The van der Waals surface area contributed by atoms with Crippen LogP contribution in [0.1, 0.15) is 85.5 Å². The highest BCUT2D eigenvalue weighted by Gasteiger charge is 2.62. The number of fused-ring (bicyclic) bond motifs is 5. The maximum Gasteiger partial charge on any atom is 0.302 e. The summed E-state index contributed by atoms with van der Waals surface area (Å²) in [6, 6.07) is 0. The molecule has 8 atom stereocenters. The van der Waals surface area contributed by atoms with E-state index in [1.54, 1.807) is 13.8 Å². The van der Waals surface area contributed by atoms with E-state index >= 15 is 0 Å². The van der Waals surface area contributed by atoms with Gasteiger partial charge in [0.1, 0.15) is 11.9 Å². The van der Waals surface area contributed by atoms with E-state index in [0.29, 0.717) is 23.5 Å². The smallest absolute Gasteiger partial charge is 0.302 e. The van der Waals surface area contributed by atoms with Crippen molar-refractivity contribution in [3.8, 4) is 0 Å². The lowest BCUT2D eigenvalue weighted by atomic mass is 9.44. The highest BCUT2D eigenvalue weighted by Crippen LogP contribution is 2.67. The number of carbonyl (C=O) groups is 2. The molecule has 1 unspecified atom stereocenters.